The van der Waals surface area contributed by atoms with Gasteiger partial charge in [-0.3, -0.25) is 9.59 Å². The average molecular weight is 329 g/mol. The largest absolute Gasteiger partial charge is 0.327 e. The Labute approximate surface area is 136 Å². The van der Waals surface area contributed by atoms with Crippen LogP contribution < -0.4 is 10.9 Å². The molecule has 1 aromatic carbocycles. The molecule has 2 heterocycles. The first kappa shape index (κ1) is 15.1. The number of amides is 1. The van der Waals surface area contributed by atoms with Crippen LogP contribution in [0, 0.1) is 6.92 Å². The van der Waals surface area contributed by atoms with Crippen LogP contribution in [0.25, 0.3) is 5.69 Å². The summed E-state index contributed by atoms with van der Waals surface area (Å²) in [4.78, 5) is 26.5. The molecule has 0 saturated carbocycles. The highest BCUT2D eigenvalue weighted by Crippen LogP contribution is 2.22. The van der Waals surface area contributed by atoms with Crippen LogP contribution in [0.2, 0.25) is 5.02 Å². The van der Waals surface area contributed by atoms with Crippen molar-refractivity contribution in [1.29, 1.82) is 0 Å². The van der Waals surface area contributed by atoms with E-state index in [1.165, 1.54) is 18.5 Å². The van der Waals surface area contributed by atoms with E-state index in [1.54, 1.807) is 23.7 Å². The van der Waals surface area contributed by atoms with Gasteiger partial charge >= 0.3 is 0 Å². The third-order valence-electron chi connectivity index (χ3n) is 3.40. The lowest BCUT2D eigenvalue weighted by atomic mass is 10.2. The first-order chi connectivity index (χ1) is 11.1. The van der Waals surface area contributed by atoms with Crippen molar-refractivity contribution in [1.82, 2.24) is 14.8 Å². The summed E-state index contributed by atoms with van der Waals surface area (Å²) in [5.41, 5.74) is 1.50. The fourth-order valence-corrected chi connectivity index (χ4v) is 2.42. The van der Waals surface area contributed by atoms with Crippen LogP contribution in [0.4, 0.5) is 5.69 Å². The second-order valence-electron chi connectivity index (χ2n) is 4.87. The van der Waals surface area contributed by atoms with Gasteiger partial charge in [-0.25, -0.2) is 4.68 Å². The number of H-pyrrole nitrogens is 1. The molecule has 6 nitrogen and oxygen atoms in total. The van der Waals surface area contributed by atoms with Crippen LogP contribution in [0.3, 0.4) is 0 Å². The topological polar surface area (TPSA) is 79.8 Å². The minimum Gasteiger partial charge on any atom is -0.327 e. The van der Waals surface area contributed by atoms with Crippen molar-refractivity contribution >= 4 is 23.2 Å². The molecule has 0 aliphatic rings. The summed E-state index contributed by atoms with van der Waals surface area (Å²) in [6.07, 6.45) is 2.95. The van der Waals surface area contributed by atoms with Crippen LogP contribution >= 0.6 is 11.6 Å². The van der Waals surface area contributed by atoms with E-state index >= 15 is 0 Å². The zero-order valence-electron chi connectivity index (χ0n) is 12.2. The molecule has 3 rings (SSSR count). The Morgan fingerprint density at radius 1 is 1.26 bits per heavy atom. The standard InChI is InChI=1S/C16H13ClN4O2/c1-10-11(15(22)20-13-6-4-8-18-16(13)23)9-19-21(10)14-7-3-2-5-12(14)17/h2-9H,1H3,(H,18,23)(H,20,22). The van der Waals surface area contributed by atoms with Crippen molar-refractivity contribution < 1.29 is 4.79 Å². The molecule has 0 atom stereocenters. The maximum atomic E-state index is 12.4. The van der Waals surface area contributed by atoms with Crippen LogP contribution in [0.15, 0.2) is 53.6 Å². The molecule has 2 N–H and O–H groups in total. The van der Waals surface area contributed by atoms with Gasteiger partial charge in [-0.1, -0.05) is 23.7 Å². The third-order valence-corrected chi connectivity index (χ3v) is 3.72. The van der Waals surface area contributed by atoms with E-state index in [-0.39, 0.29) is 11.2 Å². The van der Waals surface area contributed by atoms with Crippen molar-refractivity contribution in [2.45, 2.75) is 6.92 Å². The number of benzene rings is 1. The molecule has 0 spiro atoms. The number of aromatic amines is 1. The van der Waals surface area contributed by atoms with Crippen LogP contribution in [0.1, 0.15) is 16.1 Å². The Kier molecular flexibility index (Phi) is 3.99. The molecular formula is C16H13ClN4O2. The summed E-state index contributed by atoms with van der Waals surface area (Å²) in [6.45, 7) is 1.76. The highest BCUT2D eigenvalue weighted by Gasteiger charge is 2.17. The first-order valence-corrected chi connectivity index (χ1v) is 7.24. The quantitative estimate of drug-likeness (QED) is 0.776. The molecule has 0 radical (unpaired) electrons. The Morgan fingerprint density at radius 3 is 2.78 bits per heavy atom. The number of anilines is 1. The minimum atomic E-state index is -0.405. The summed E-state index contributed by atoms with van der Waals surface area (Å²) in [5, 5.41) is 7.33. The molecule has 3 aromatic rings. The SMILES string of the molecule is Cc1c(C(=O)Nc2ccc[nH]c2=O)cnn1-c1ccccc1Cl. The number of carbonyl (C=O) groups is 1. The summed E-state index contributed by atoms with van der Waals surface area (Å²) in [7, 11) is 0. The van der Waals surface area contributed by atoms with Gasteiger partial charge in [0.2, 0.25) is 0 Å². The molecule has 116 valence electrons. The molecule has 0 saturated heterocycles. The Balaban J connectivity index is 1.93. The molecule has 0 bridgehead atoms. The third kappa shape index (κ3) is 2.89. The van der Waals surface area contributed by atoms with E-state index in [4.69, 9.17) is 11.6 Å². The zero-order chi connectivity index (χ0) is 16.4. The van der Waals surface area contributed by atoms with Crippen molar-refractivity contribution in [3.63, 3.8) is 0 Å². The Bertz CT molecular complexity index is 930. The van der Waals surface area contributed by atoms with Crippen LogP contribution in [0.5, 0.6) is 0 Å². The van der Waals surface area contributed by atoms with Crippen molar-refractivity contribution in [3.05, 3.63) is 75.4 Å². The predicted molar refractivity (Wildman–Crippen MR) is 88.3 cm³/mol. The lowest BCUT2D eigenvalue weighted by Gasteiger charge is -2.07. The van der Waals surface area contributed by atoms with E-state index in [2.05, 4.69) is 15.4 Å². The molecule has 7 heteroatoms. The average Bonchev–Trinajstić information content (AvgIpc) is 2.92. The maximum Gasteiger partial charge on any atom is 0.271 e. The lowest BCUT2D eigenvalue weighted by molar-refractivity contribution is 0.102. The molecular weight excluding hydrogens is 316 g/mol. The maximum absolute atomic E-state index is 12.4. The summed E-state index contributed by atoms with van der Waals surface area (Å²) >= 11 is 6.16. The molecule has 0 fully saturated rings. The number of pyridine rings is 1. The number of nitrogens with one attached hydrogen (secondary N) is 2. The Morgan fingerprint density at radius 2 is 2.04 bits per heavy atom. The van der Waals surface area contributed by atoms with Gasteiger partial charge in [0.15, 0.2) is 0 Å². The van der Waals surface area contributed by atoms with Crippen molar-refractivity contribution in [2.24, 2.45) is 0 Å². The smallest absolute Gasteiger partial charge is 0.271 e. The van der Waals surface area contributed by atoms with Gasteiger partial charge in [-0.2, -0.15) is 5.10 Å². The summed E-state index contributed by atoms with van der Waals surface area (Å²) in [5.74, 6) is -0.405. The van der Waals surface area contributed by atoms with E-state index in [1.807, 2.05) is 18.2 Å². The number of rotatable bonds is 3. The van der Waals surface area contributed by atoms with E-state index in [9.17, 15) is 9.59 Å². The van der Waals surface area contributed by atoms with Gasteiger partial charge in [-0.15, -0.1) is 0 Å². The summed E-state index contributed by atoms with van der Waals surface area (Å²) in [6, 6.07) is 10.4. The molecule has 0 unspecified atom stereocenters. The highest BCUT2D eigenvalue weighted by atomic mass is 35.5. The fourth-order valence-electron chi connectivity index (χ4n) is 2.21. The molecule has 0 aliphatic carbocycles. The summed E-state index contributed by atoms with van der Waals surface area (Å²) < 4.78 is 1.59. The van der Waals surface area contributed by atoms with Crippen LogP contribution in [-0.4, -0.2) is 20.7 Å². The number of carbonyl (C=O) groups excluding carboxylic acids is 1. The van der Waals surface area contributed by atoms with Crippen molar-refractivity contribution in [3.8, 4) is 5.69 Å². The number of nitrogens with zero attached hydrogens (tertiary/aromatic N) is 2. The van der Waals surface area contributed by atoms with Gasteiger partial charge in [-0.05, 0) is 31.2 Å². The van der Waals surface area contributed by atoms with E-state index in [0.29, 0.717) is 22.0 Å². The zero-order valence-corrected chi connectivity index (χ0v) is 13.0. The lowest BCUT2D eigenvalue weighted by Crippen LogP contribution is -2.19. The van der Waals surface area contributed by atoms with E-state index < -0.39 is 5.91 Å². The molecule has 1 amide bonds. The number of hydrogen-bond donors (Lipinski definition) is 2. The normalized spacial score (nSPS) is 10.5. The van der Waals surface area contributed by atoms with Crippen molar-refractivity contribution in [2.75, 3.05) is 5.32 Å². The second-order valence-corrected chi connectivity index (χ2v) is 5.28. The first-order valence-electron chi connectivity index (χ1n) is 6.86. The number of para-hydroxylation sites is 1. The van der Waals surface area contributed by atoms with Gasteiger partial charge < -0.3 is 10.3 Å². The molecule has 2 aromatic heterocycles. The predicted octanol–water partition coefficient (Wildman–Crippen LogP) is 2.77. The number of aromatic nitrogens is 3. The molecule has 0 aliphatic heterocycles. The van der Waals surface area contributed by atoms with Gasteiger partial charge in [0, 0.05) is 6.20 Å². The number of hydrogen-bond acceptors (Lipinski definition) is 3. The fraction of sp³-hybridized carbons (Fsp3) is 0.0625. The van der Waals surface area contributed by atoms with Gasteiger partial charge in [0.1, 0.15) is 5.69 Å². The number of halogens is 1. The van der Waals surface area contributed by atoms with E-state index in [0.717, 1.165) is 0 Å². The monoisotopic (exact) mass is 328 g/mol. The highest BCUT2D eigenvalue weighted by molar-refractivity contribution is 6.32. The Hall–Kier alpha value is -2.86. The van der Waals surface area contributed by atoms with Gasteiger partial charge in [0.25, 0.3) is 11.5 Å². The minimum absolute atomic E-state index is 0.183. The van der Waals surface area contributed by atoms with Gasteiger partial charge in [0.05, 0.1) is 28.2 Å². The second kappa shape index (κ2) is 6.10. The van der Waals surface area contributed by atoms with Crippen LogP contribution in [-0.2, 0) is 0 Å². The molecule has 23 heavy (non-hydrogen) atoms.